The summed E-state index contributed by atoms with van der Waals surface area (Å²) in [5.41, 5.74) is 6.04. The van der Waals surface area contributed by atoms with E-state index in [-0.39, 0.29) is 5.88 Å². The predicted molar refractivity (Wildman–Crippen MR) is 56.1 cm³/mol. The Bertz CT molecular complexity index is 525. The standard InChI is InChI=1S/C10H8N2O4/c11-8(9-2-1-5-15-9)6-7-3-4-10(16-7)12(13)14/h1-6H,11H2/b8-6+. The van der Waals surface area contributed by atoms with Gasteiger partial charge in [0.2, 0.25) is 0 Å². The molecule has 0 atom stereocenters. The molecule has 16 heavy (non-hydrogen) atoms. The van der Waals surface area contributed by atoms with Crippen molar-refractivity contribution in [3.05, 3.63) is 52.2 Å². The molecule has 0 amide bonds. The topological polar surface area (TPSA) is 95.4 Å². The SMILES string of the molecule is N/C(=C/c1ccc([N+](=O)[O-])o1)c1ccco1. The second-order valence-electron chi connectivity index (χ2n) is 3.01. The van der Waals surface area contributed by atoms with Crippen LogP contribution in [0.1, 0.15) is 11.5 Å². The Morgan fingerprint density at radius 2 is 2.25 bits per heavy atom. The highest BCUT2D eigenvalue weighted by Crippen LogP contribution is 2.19. The molecular formula is C10H8N2O4. The van der Waals surface area contributed by atoms with Crippen molar-refractivity contribution in [1.29, 1.82) is 0 Å². The highest BCUT2D eigenvalue weighted by Gasteiger charge is 2.11. The average molecular weight is 220 g/mol. The molecule has 2 rings (SSSR count). The third-order valence-corrected chi connectivity index (χ3v) is 1.90. The second-order valence-corrected chi connectivity index (χ2v) is 3.01. The van der Waals surface area contributed by atoms with Gasteiger partial charge in [0.15, 0.2) is 0 Å². The van der Waals surface area contributed by atoms with E-state index in [4.69, 9.17) is 14.6 Å². The van der Waals surface area contributed by atoms with Crippen LogP contribution in [-0.4, -0.2) is 4.92 Å². The maximum Gasteiger partial charge on any atom is 0.433 e. The van der Waals surface area contributed by atoms with Crippen LogP contribution in [0.5, 0.6) is 0 Å². The van der Waals surface area contributed by atoms with Gasteiger partial charge in [-0.25, -0.2) is 0 Å². The van der Waals surface area contributed by atoms with Crippen molar-refractivity contribution in [2.75, 3.05) is 0 Å². The van der Waals surface area contributed by atoms with E-state index in [0.717, 1.165) is 0 Å². The number of hydrogen-bond donors (Lipinski definition) is 1. The number of nitrogens with zero attached hydrogens (tertiary/aromatic N) is 1. The van der Waals surface area contributed by atoms with E-state index in [0.29, 0.717) is 17.2 Å². The first kappa shape index (κ1) is 10.0. The van der Waals surface area contributed by atoms with Crippen LogP contribution in [0.25, 0.3) is 11.8 Å². The van der Waals surface area contributed by atoms with Crippen LogP contribution in [0.3, 0.4) is 0 Å². The van der Waals surface area contributed by atoms with Crippen molar-refractivity contribution >= 4 is 17.7 Å². The lowest BCUT2D eigenvalue weighted by Crippen LogP contribution is -1.93. The Morgan fingerprint density at radius 1 is 1.44 bits per heavy atom. The summed E-state index contributed by atoms with van der Waals surface area (Å²) >= 11 is 0. The Kier molecular flexibility index (Phi) is 2.47. The zero-order valence-electron chi connectivity index (χ0n) is 8.12. The molecule has 0 aliphatic carbocycles. The van der Waals surface area contributed by atoms with Gasteiger partial charge in [0, 0.05) is 6.08 Å². The van der Waals surface area contributed by atoms with Gasteiger partial charge < -0.3 is 14.6 Å². The fourth-order valence-electron chi connectivity index (χ4n) is 1.19. The summed E-state index contributed by atoms with van der Waals surface area (Å²) in [6.45, 7) is 0. The number of nitrogens with two attached hydrogens (primary N) is 1. The van der Waals surface area contributed by atoms with Gasteiger partial charge in [-0.3, -0.25) is 10.1 Å². The van der Waals surface area contributed by atoms with Gasteiger partial charge in [-0.2, -0.15) is 0 Å². The summed E-state index contributed by atoms with van der Waals surface area (Å²) in [7, 11) is 0. The Labute approximate surface area is 90.1 Å². The molecule has 0 bridgehead atoms. The van der Waals surface area contributed by atoms with Crippen molar-refractivity contribution in [2.24, 2.45) is 5.73 Å². The molecule has 0 saturated heterocycles. The Morgan fingerprint density at radius 3 is 2.81 bits per heavy atom. The molecular weight excluding hydrogens is 212 g/mol. The van der Waals surface area contributed by atoms with Gasteiger partial charge >= 0.3 is 5.88 Å². The third-order valence-electron chi connectivity index (χ3n) is 1.90. The summed E-state index contributed by atoms with van der Waals surface area (Å²) in [4.78, 5) is 9.76. The van der Waals surface area contributed by atoms with Crippen LogP contribution in [0.15, 0.2) is 39.4 Å². The first-order valence-electron chi connectivity index (χ1n) is 4.42. The van der Waals surface area contributed by atoms with Gasteiger partial charge in [-0.1, -0.05) is 0 Å². The quantitative estimate of drug-likeness (QED) is 0.632. The summed E-state index contributed by atoms with van der Waals surface area (Å²) in [6.07, 6.45) is 2.95. The average Bonchev–Trinajstić information content (AvgIpc) is 2.87. The van der Waals surface area contributed by atoms with Gasteiger partial charge in [0.1, 0.15) is 16.4 Å². The van der Waals surface area contributed by atoms with E-state index in [1.165, 1.54) is 24.5 Å². The van der Waals surface area contributed by atoms with Crippen LogP contribution < -0.4 is 5.73 Å². The van der Waals surface area contributed by atoms with E-state index in [2.05, 4.69) is 0 Å². The van der Waals surface area contributed by atoms with E-state index < -0.39 is 4.92 Å². The molecule has 0 spiro atoms. The largest absolute Gasteiger partial charge is 0.463 e. The smallest absolute Gasteiger partial charge is 0.433 e. The minimum atomic E-state index is -0.611. The molecule has 82 valence electrons. The van der Waals surface area contributed by atoms with E-state index in [1.54, 1.807) is 12.1 Å². The first-order valence-corrected chi connectivity index (χ1v) is 4.42. The molecule has 0 saturated carbocycles. The normalized spacial score (nSPS) is 11.6. The molecule has 0 aliphatic heterocycles. The molecule has 6 nitrogen and oxygen atoms in total. The predicted octanol–water partition coefficient (Wildman–Crippen LogP) is 2.24. The molecule has 0 fully saturated rings. The molecule has 0 aliphatic rings. The van der Waals surface area contributed by atoms with E-state index in [1.807, 2.05) is 0 Å². The Balaban J connectivity index is 2.25. The molecule has 0 radical (unpaired) electrons. The lowest BCUT2D eigenvalue weighted by molar-refractivity contribution is -0.402. The van der Waals surface area contributed by atoms with Crippen LogP contribution in [0.4, 0.5) is 5.88 Å². The molecule has 0 unspecified atom stereocenters. The third kappa shape index (κ3) is 1.95. The van der Waals surface area contributed by atoms with E-state index >= 15 is 0 Å². The summed E-state index contributed by atoms with van der Waals surface area (Å²) < 4.78 is 9.97. The maximum atomic E-state index is 10.4. The molecule has 2 N–H and O–H groups in total. The van der Waals surface area contributed by atoms with Gasteiger partial charge in [-0.15, -0.1) is 0 Å². The van der Waals surface area contributed by atoms with Crippen molar-refractivity contribution < 1.29 is 13.8 Å². The summed E-state index contributed by atoms with van der Waals surface area (Å²) in [5, 5.41) is 10.4. The molecule has 2 aromatic rings. The summed E-state index contributed by atoms with van der Waals surface area (Å²) in [6, 6.07) is 6.11. The number of nitro groups is 1. The number of hydrogen-bond acceptors (Lipinski definition) is 5. The minimum absolute atomic E-state index is 0.306. The van der Waals surface area contributed by atoms with Crippen molar-refractivity contribution in [3.63, 3.8) is 0 Å². The van der Waals surface area contributed by atoms with Gasteiger partial charge in [0.05, 0.1) is 18.0 Å². The molecule has 6 heteroatoms. The molecule has 0 aromatic carbocycles. The maximum absolute atomic E-state index is 10.4. The highest BCUT2D eigenvalue weighted by molar-refractivity contribution is 5.75. The van der Waals surface area contributed by atoms with Crippen LogP contribution in [0.2, 0.25) is 0 Å². The minimum Gasteiger partial charge on any atom is -0.463 e. The van der Waals surface area contributed by atoms with Crippen molar-refractivity contribution in [1.82, 2.24) is 0 Å². The lowest BCUT2D eigenvalue weighted by atomic mass is 10.3. The van der Waals surface area contributed by atoms with Gasteiger partial charge in [-0.05, 0) is 18.2 Å². The fourth-order valence-corrected chi connectivity index (χ4v) is 1.19. The molecule has 2 aromatic heterocycles. The van der Waals surface area contributed by atoms with Crippen molar-refractivity contribution in [2.45, 2.75) is 0 Å². The number of furan rings is 2. The number of rotatable bonds is 3. The Hall–Kier alpha value is -2.50. The first-order chi connectivity index (χ1) is 7.66. The van der Waals surface area contributed by atoms with Crippen LogP contribution in [0, 0.1) is 10.1 Å². The highest BCUT2D eigenvalue weighted by atomic mass is 16.6. The lowest BCUT2D eigenvalue weighted by Gasteiger charge is -1.93. The van der Waals surface area contributed by atoms with Crippen LogP contribution in [-0.2, 0) is 0 Å². The zero-order chi connectivity index (χ0) is 11.5. The van der Waals surface area contributed by atoms with Crippen LogP contribution >= 0.6 is 0 Å². The second kappa shape index (κ2) is 3.93. The monoisotopic (exact) mass is 220 g/mol. The van der Waals surface area contributed by atoms with Gasteiger partial charge in [0.25, 0.3) is 0 Å². The molecule has 2 heterocycles. The zero-order valence-corrected chi connectivity index (χ0v) is 8.12. The summed E-state index contributed by atoms with van der Waals surface area (Å²) in [5.74, 6) is 0.471. The van der Waals surface area contributed by atoms with Crippen molar-refractivity contribution in [3.8, 4) is 0 Å². The van der Waals surface area contributed by atoms with E-state index in [9.17, 15) is 10.1 Å². The fraction of sp³-hybridized carbons (Fsp3) is 0.